The summed E-state index contributed by atoms with van der Waals surface area (Å²) in [4.78, 5) is 8.18. The number of hydrogen-bond acceptors (Lipinski definition) is 4. The Kier molecular flexibility index (Phi) is 18.4. The highest BCUT2D eigenvalue weighted by Crippen LogP contribution is 2.30. The van der Waals surface area contributed by atoms with Crippen molar-refractivity contribution >= 4 is 9.76 Å². The van der Waals surface area contributed by atoms with Gasteiger partial charge in [0.1, 0.15) is 0 Å². The maximum absolute atomic E-state index is 6.56. The molecule has 0 aliphatic rings. The van der Waals surface area contributed by atoms with E-state index in [1.807, 2.05) is 0 Å². The van der Waals surface area contributed by atoms with Crippen LogP contribution in [0, 0.1) is 5.41 Å². The lowest BCUT2D eigenvalue weighted by Gasteiger charge is -2.44. The van der Waals surface area contributed by atoms with Crippen LogP contribution in [-0.4, -0.2) is 89.0 Å². The third-order valence-electron chi connectivity index (χ3n) is 7.44. The molecule has 5 heteroatoms. The first kappa shape index (κ1) is 32.1. The number of rotatable bonds is 22. The van der Waals surface area contributed by atoms with Crippen molar-refractivity contribution < 1.29 is 4.43 Å². The summed E-state index contributed by atoms with van der Waals surface area (Å²) in [6, 6.07) is 1.30. The molecule has 0 atom stereocenters. The summed E-state index contributed by atoms with van der Waals surface area (Å²) in [6.45, 7) is 31.7. The Bertz CT molecular complexity index is 390. The fourth-order valence-corrected chi connectivity index (χ4v) is 6.97. The first-order chi connectivity index (χ1) is 15.3. The lowest BCUT2D eigenvalue weighted by Crippen LogP contribution is -2.52. The Labute approximate surface area is 205 Å². The van der Waals surface area contributed by atoms with E-state index in [4.69, 9.17) is 4.43 Å². The molecule has 0 unspecified atom stereocenters. The maximum Gasteiger partial charge on any atom is 0.162 e. The second kappa shape index (κ2) is 18.4. The summed E-state index contributed by atoms with van der Waals surface area (Å²) in [5.41, 5.74) is 0.425. The predicted molar refractivity (Wildman–Crippen MR) is 148 cm³/mol. The molecule has 194 valence electrons. The summed E-state index contributed by atoms with van der Waals surface area (Å²) in [7, 11) is -0.505. The van der Waals surface area contributed by atoms with Crippen molar-refractivity contribution in [2.45, 2.75) is 112 Å². The van der Waals surface area contributed by atoms with E-state index in [1.165, 1.54) is 71.0 Å². The van der Waals surface area contributed by atoms with Crippen molar-refractivity contribution in [3.05, 3.63) is 0 Å². The zero-order valence-electron chi connectivity index (χ0n) is 23.8. The molecule has 0 aromatic heterocycles. The highest BCUT2D eigenvalue weighted by atomic mass is 28.2. The van der Waals surface area contributed by atoms with Gasteiger partial charge in [0, 0.05) is 25.0 Å². The zero-order valence-corrected chi connectivity index (χ0v) is 25.2. The van der Waals surface area contributed by atoms with Gasteiger partial charge in [0.05, 0.1) is 5.60 Å². The second-order valence-corrected chi connectivity index (χ2v) is 11.6. The van der Waals surface area contributed by atoms with Gasteiger partial charge in [0.15, 0.2) is 9.76 Å². The number of hydrogen-bond donors (Lipinski definition) is 0. The van der Waals surface area contributed by atoms with Crippen LogP contribution in [0.15, 0.2) is 0 Å². The SMILES string of the molecule is CCCN(CC)CC(CC[SiH2]OC(C)(CC)CC)(CN(CC)CCC)CN(CC)CCC. The maximum atomic E-state index is 6.56. The molecule has 0 aliphatic heterocycles. The highest BCUT2D eigenvalue weighted by Gasteiger charge is 2.35. The highest BCUT2D eigenvalue weighted by molar-refractivity contribution is 6.27. The lowest BCUT2D eigenvalue weighted by atomic mass is 9.82. The van der Waals surface area contributed by atoms with Crippen LogP contribution in [0.5, 0.6) is 0 Å². The van der Waals surface area contributed by atoms with Crippen molar-refractivity contribution in [1.82, 2.24) is 14.7 Å². The molecule has 0 fully saturated rings. The van der Waals surface area contributed by atoms with Crippen LogP contribution in [0.3, 0.4) is 0 Å². The molecule has 0 N–H and O–H groups in total. The molecule has 0 spiro atoms. The van der Waals surface area contributed by atoms with Crippen LogP contribution in [0.4, 0.5) is 0 Å². The van der Waals surface area contributed by atoms with E-state index >= 15 is 0 Å². The van der Waals surface area contributed by atoms with Gasteiger partial charge in [-0.25, -0.2) is 0 Å². The molecule has 32 heavy (non-hydrogen) atoms. The topological polar surface area (TPSA) is 19.0 Å². The van der Waals surface area contributed by atoms with Gasteiger partial charge in [-0.1, -0.05) is 55.4 Å². The van der Waals surface area contributed by atoms with Crippen molar-refractivity contribution in [2.24, 2.45) is 5.41 Å². The van der Waals surface area contributed by atoms with Crippen LogP contribution >= 0.6 is 0 Å². The summed E-state index contributed by atoms with van der Waals surface area (Å²) in [6.07, 6.45) is 7.29. The van der Waals surface area contributed by atoms with E-state index in [-0.39, 0.29) is 5.60 Å². The molecule has 0 aromatic rings. The summed E-state index contributed by atoms with van der Waals surface area (Å²) < 4.78 is 6.56. The summed E-state index contributed by atoms with van der Waals surface area (Å²) in [5, 5.41) is 0. The fraction of sp³-hybridized carbons (Fsp3) is 1.00. The average molecular weight is 472 g/mol. The van der Waals surface area contributed by atoms with E-state index in [2.05, 4.69) is 77.0 Å². The molecule has 0 bridgehead atoms. The largest absolute Gasteiger partial charge is 0.419 e. The molecule has 0 amide bonds. The van der Waals surface area contributed by atoms with Gasteiger partial charge >= 0.3 is 0 Å². The molecule has 0 radical (unpaired) electrons. The Balaban J connectivity index is 5.73. The minimum Gasteiger partial charge on any atom is -0.419 e. The Morgan fingerprint density at radius 3 is 1.28 bits per heavy atom. The molecule has 0 rings (SSSR count). The number of nitrogens with zero attached hydrogens (tertiary/aromatic N) is 3. The van der Waals surface area contributed by atoms with Crippen LogP contribution in [-0.2, 0) is 4.43 Å². The molecule has 0 aromatic carbocycles. The smallest absolute Gasteiger partial charge is 0.162 e. The molecule has 0 aliphatic carbocycles. The van der Waals surface area contributed by atoms with Gasteiger partial charge in [0.25, 0.3) is 0 Å². The van der Waals surface area contributed by atoms with Gasteiger partial charge in [-0.05, 0) is 90.8 Å². The van der Waals surface area contributed by atoms with E-state index < -0.39 is 9.76 Å². The van der Waals surface area contributed by atoms with Gasteiger partial charge in [0.2, 0.25) is 0 Å². The summed E-state index contributed by atoms with van der Waals surface area (Å²) in [5.74, 6) is 0. The average Bonchev–Trinajstić information content (AvgIpc) is 2.80. The zero-order chi connectivity index (χ0) is 24.5. The summed E-state index contributed by atoms with van der Waals surface area (Å²) >= 11 is 0. The van der Waals surface area contributed by atoms with E-state index in [9.17, 15) is 0 Å². The Morgan fingerprint density at radius 1 is 0.625 bits per heavy atom. The minimum absolute atomic E-state index is 0.0991. The third kappa shape index (κ3) is 12.5. The van der Waals surface area contributed by atoms with Crippen molar-refractivity contribution in [1.29, 1.82) is 0 Å². The van der Waals surface area contributed by atoms with Crippen molar-refractivity contribution in [2.75, 3.05) is 58.9 Å². The van der Waals surface area contributed by atoms with Gasteiger partial charge in [-0.3, -0.25) is 0 Å². The van der Waals surface area contributed by atoms with E-state index in [1.54, 1.807) is 0 Å². The Hall–Kier alpha value is 0.0569. The second-order valence-electron chi connectivity index (χ2n) is 10.2. The third-order valence-corrected chi connectivity index (χ3v) is 8.98. The lowest BCUT2D eigenvalue weighted by molar-refractivity contribution is 0.0505. The van der Waals surface area contributed by atoms with Crippen molar-refractivity contribution in [3.8, 4) is 0 Å². The molecule has 0 heterocycles. The predicted octanol–water partition coefficient (Wildman–Crippen LogP) is 5.66. The van der Waals surface area contributed by atoms with Crippen LogP contribution < -0.4 is 0 Å². The fourth-order valence-electron chi connectivity index (χ4n) is 5.03. The molecule has 0 saturated heterocycles. The molecule has 4 nitrogen and oxygen atoms in total. The monoisotopic (exact) mass is 471 g/mol. The van der Waals surface area contributed by atoms with Crippen molar-refractivity contribution in [3.63, 3.8) is 0 Å². The Morgan fingerprint density at radius 2 is 1.00 bits per heavy atom. The first-order valence-corrected chi connectivity index (χ1v) is 15.7. The van der Waals surface area contributed by atoms with E-state index in [0.717, 1.165) is 32.5 Å². The normalized spacial score (nSPS) is 13.5. The molecular weight excluding hydrogens is 410 g/mol. The van der Waals surface area contributed by atoms with Gasteiger partial charge < -0.3 is 19.1 Å². The van der Waals surface area contributed by atoms with Gasteiger partial charge in [-0.2, -0.15) is 0 Å². The molecular formula is C27H61N3OSi. The standard InChI is InChI=1S/C27H61N3OSi/c1-10-19-28(15-6)23-27(24-29(16-7)20-11-2,25-30(17-8)21-12-3)18-22-32-31-26(9,13-4)14-5/h10-25,32H2,1-9H3. The van der Waals surface area contributed by atoms with Crippen LogP contribution in [0.1, 0.15) is 101 Å². The van der Waals surface area contributed by atoms with E-state index in [0.29, 0.717) is 5.41 Å². The van der Waals surface area contributed by atoms with Crippen LogP contribution in [0.2, 0.25) is 6.04 Å². The van der Waals surface area contributed by atoms with Gasteiger partial charge in [-0.15, -0.1) is 0 Å². The molecule has 0 saturated carbocycles. The van der Waals surface area contributed by atoms with Crippen LogP contribution in [0.25, 0.3) is 0 Å². The first-order valence-electron chi connectivity index (χ1n) is 14.1. The quantitative estimate of drug-likeness (QED) is 0.150. The minimum atomic E-state index is -0.505.